The van der Waals surface area contributed by atoms with E-state index in [1.54, 1.807) is 7.11 Å². The molecule has 1 aromatic heterocycles. The molecule has 1 aliphatic rings. The molecule has 1 saturated carbocycles. The molecule has 0 aliphatic heterocycles. The molecule has 3 nitrogen and oxygen atoms in total. The number of rotatable bonds is 5. The fourth-order valence-electron chi connectivity index (χ4n) is 2.59. The third-order valence-electron chi connectivity index (χ3n) is 3.91. The van der Waals surface area contributed by atoms with Crippen LogP contribution in [-0.4, -0.2) is 23.7 Å². The lowest BCUT2D eigenvalue weighted by atomic mass is 9.75. The van der Waals surface area contributed by atoms with Crippen LogP contribution in [0, 0.1) is 6.92 Å². The number of aryl methyl sites for hydroxylation is 1. The molecule has 94 valence electrons. The fourth-order valence-corrected chi connectivity index (χ4v) is 2.59. The summed E-state index contributed by atoms with van der Waals surface area (Å²) in [6.07, 6.45) is 7.20. The summed E-state index contributed by atoms with van der Waals surface area (Å²) < 4.78 is 5.61. The third kappa shape index (κ3) is 2.85. The number of ether oxygens (including phenoxy) is 1. The van der Waals surface area contributed by atoms with Crippen molar-refractivity contribution in [2.45, 2.75) is 50.7 Å². The molecule has 0 saturated heterocycles. The number of pyridine rings is 1. The summed E-state index contributed by atoms with van der Waals surface area (Å²) in [6, 6.07) is 4.20. The quantitative estimate of drug-likeness (QED) is 0.849. The molecule has 0 spiro atoms. The van der Waals surface area contributed by atoms with Crippen LogP contribution in [0.1, 0.15) is 36.9 Å². The molecule has 0 amide bonds. The third-order valence-corrected chi connectivity index (χ3v) is 3.91. The molecule has 2 N–H and O–H groups in total. The Morgan fingerprint density at radius 1 is 1.53 bits per heavy atom. The highest BCUT2D eigenvalue weighted by molar-refractivity contribution is 5.18. The van der Waals surface area contributed by atoms with Crippen LogP contribution < -0.4 is 5.73 Å². The highest BCUT2D eigenvalue weighted by Gasteiger charge is 2.38. The van der Waals surface area contributed by atoms with Crippen LogP contribution in [0.15, 0.2) is 18.3 Å². The van der Waals surface area contributed by atoms with Gasteiger partial charge in [-0.15, -0.1) is 0 Å². The van der Waals surface area contributed by atoms with E-state index in [1.807, 2.05) is 12.3 Å². The predicted molar refractivity (Wildman–Crippen MR) is 68.9 cm³/mol. The highest BCUT2D eigenvalue weighted by Crippen LogP contribution is 2.38. The lowest BCUT2D eigenvalue weighted by molar-refractivity contribution is -0.0813. The summed E-state index contributed by atoms with van der Waals surface area (Å²) in [5.41, 5.74) is 8.62. The zero-order valence-electron chi connectivity index (χ0n) is 10.8. The molecule has 0 radical (unpaired) electrons. The van der Waals surface area contributed by atoms with Gasteiger partial charge in [0.1, 0.15) is 0 Å². The fraction of sp³-hybridized carbons (Fsp3) is 0.643. The van der Waals surface area contributed by atoms with Gasteiger partial charge in [-0.3, -0.25) is 4.98 Å². The van der Waals surface area contributed by atoms with Gasteiger partial charge < -0.3 is 10.5 Å². The second-order valence-electron chi connectivity index (χ2n) is 5.18. The van der Waals surface area contributed by atoms with Crippen molar-refractivity contribution in [2.24, 2.45) is 5.73 Å². The largest absolute Gasteiger partial charge is 0.378 e. The standard InChI is InChI=1S/C14H22N2O/c1-11-5-3-8-16-13(11)9-12(15)10-14(17-2)6-4-7-14/h3,5,8,12H,4,6-7,9-10,15H2,1-2H3. The van der Waals surface area contributed by atoms with Gasteiger partial charge in [0.25, 0.3) is 0 Å². The van der Waals surface area contributed by atoms with Crippen LogP contribution in [-0.2, 0) is 11.2 Å². The van der Waals surface area contributed by atoms with E-state index in [0.29, 0.717) is 0 Å². The molecule has 17 heavy (non-hydrogen) atoms. The maximum Gasteiger partial charge on any atom is 0.0693 e. The minimum absolute atomic E-state index is 0.0576. The molecule has 0 aromatic carbocycles. The van der Waals surface area contributed by atoms with Crippen LogP contribution in [0.25, 0.3) is 0 Å². The molecule has 0 bridgehead atoms. The zero-order valence-corrected chi connectivity index (χ0v) is 10.8. The van der Waals surface area contributed by atoms with Crippen molar-refractivity contribution in [3.05, 3.63) is 29.6 Å². The van der Waals surface area contributed by atoms with Crippen LogP contribution >= 0.6 is 0 Å². The Morgan fingerprint density at radius 3 is 2.82 bits per heavy atom. The van der Waals surface area contributed by atoms with Crippen LogP contribution in [0.3, 0.4) is 0 Å². The topological polar surface area (TPSA) is 48.1 Å². The van der Waals surface area contributed by atoms with Crippen LogP contribution in [0.2, 0.25) is 0 Å². The van der Waals surface area contributed by atoms with Gasteiger partial charge in [-0.1, -0.05) is 6.07 Å². The van der Waals surface area contributed by atoms with Crippen LogP contribution in [0.5, 0.6) is 0 Å². The summed E-state index contributed by atoms with van der Waals surface area (Å²) in [6.45, 7) is 2.09. The number of methoxy groups -OCH3 is 1. The van der Waals surface area contributed by atoms with Gasteiger partial charge >= 0.3 is 0 Å². The first-order valence-electron chi connectivity index (χ1n) is 6.36. The number of hydrogen-bond donors (Lipinski definition) is 1. The minimum Gasteiger partial charge on any atom is -0.378 e. The second-order valence-corrected chi connectivity index (χ2v) is 5.18. The lowest BCUT2D eigenvalue weighted by Gasteiger charge is -2.42. The first-order valence-corrected chi connectivity index (χ1v) is 6.36. The van der Waals surface area contributed by atoms with Gasteiger partial charge in [-0.05, 0) is 44.2 Å². The zero-order chi connectivity index (χ0) is 12.3. The smallest absolute Gasteiger partial charge is 0.0693 e. The Morgan fingerprint density at radius 2 is 2.29 bits per heavy atom. The van der Waals surface area contributed by atoms with E-state index in [4.69, 9.17) is 10.5 Å². The normalized spacial score (nSPS) is 19.7. The summed E-state index contributed by atoms with van der Waals surface area (Å²) in [5, 5.41) is 0. The molecule has 2 rings (SSSR count). The van der Waals surface area contributed by atoms with E-state index in [1.165, 1.54) is 12.0 Å². The van der Waals surface area contributed by atoms with Crippen molar-refractivity contribution in [1.29, 1.82) is 0 Å². The van der Waals surface area contributed by atoms with Gasteiger partial charge in [0.05, 0.1) is 5.60 Å². The lowest BCUT2D eigenvalue weighted by Crippen LogP contribution is -2.45. The van der Waals surface area contributed by atoms with E-state index in [9.17, 15) is 0 Å². The van der Waals surface area contributed by atoms with E-state index in [0.717, 1.165) is 31.4 Å². The number of nitrogens with two attached hydrogens (primary N) is 1. The van der Waals surface area contributed by atoms with E-state index < -0.39 is 0 Å². The SMILES string of the molecule is COC1(CC(N)Cc2ncccc2C)CCC1. The van der Waals surface area contributed by atoms with E-state index >= 15 is 0 Å². The van der Waals surface area contributed by atoms with Crippen molar-refractivity contribution < 1.29 is 4.74 Å². The van der Waals surface area contributed by atoms with Gasteiger partial charge in [0, 0.05) is 31.5 Å². The maximum absolute atomic E-state index is 6.23. The van der Waals surface area contributed by atoms with Crippen molar-refractivity contribution in [3.63, 3.8) is 0 Å². The molecule has 1 heterocycles. The Kier molecular flexibility index (Phi) is 3.79. The molecule has 1 atom stereocenters. The molecular weight excluding hydrogens is 212 g/mol. The summed E-state index contributed by atoms with van der Waals surface area (Å²) in [4.78, 5) is 4.40. The van der Waals surface area contributed by atoms with Crippen molar-refractivity contribution >= 4 is 0 Å². The Labute approximate surface area is 103 Å². The second kappa shape index (κ2) is 5.15. The Hall–Kier alpha value is -0.930. The van der Waals surface area contributed by atoms with Gasteiger partial charge in [-0.25, -0.2) is 0 Å². The highest BCUT2D eigenvalue weighted by atomic mass is 16.5. The molecule has 1 unspecified atom stereocenters. The number of nitrogens with zero attached hydrogens (tertiary/aromatic N) is 1. The summed E-state index contributed by atoms with van der Waals surface area (Å²) in [7, 11) is 1.80. The average molecular weight is 234 g/mol. The van der Waals surface area contributed by atoms with E-state index in [2.05, 4.69) is 18.0 Å². The summed E-state index contributed by atoms with van der Waals surface area (Å²) in [5.74, 6) is 0. The van der Waals surface area contributed by atoms with Gasteiger partial charge in [0.2, 0.25) is 0 Å². The first kappa shape index (κ1) is 12.5. The number of hydrogen-bond acceptors (Lipinski definition) is 3. The molecule has 1 fully saturated rings. The van der Waals surface area contributed by atoms with E-state index in [-0.39, 0.29) is 11.6 Å². The predicted octanol–water partition coefficient (Wildman–Crippen LogP) is 2.22. The average Bonchev–Trinajstić information content (AvgIpc) is 2.27. The van der Waals surface area contributed by atoms with Gasteiger partial charge in [0.15, 0.2) is 0 Å². The molecule has 1 aromatic rings. The maximum atomic E-state index is 6.23. The molecular formula is C14H22N2O. The van der Waals surface area contributed by atoms with Gasteiger partial charge in [-0.2, -0.15) is 0 Å². The Balaban J connectivity index is 1.93. The molecule has 3 heteroatoms. The first-order chi connectivity index (χ1) is 8.15. The summed E-state index contributed by atoms with van der Waals surface area (Å²) >= 11 is 0. The number of aromatic nitrogens is 1. The van der Waals surface area contributed by atoms with Crippen molar-refractivity contribution in [3.8, 4) is 0 Å². The van der Waals surface area contributed by atoms with Crippen molar-refractivity contribution in [1.82, 2.24) is 4.98 Å². The molecule has 1 aliphatic carbocycles. The Bertz CT molecular complexity index is 369. The minimum atomic E-state index is 0.0576. The van der Waals surface area contributed by atoms with Crippen molar-refractivity contribution in [2.75, 3.05) is 7.11 Å². The monoisotopic (exact) mass is 234 g/mol. The van der Waals surface area contributed by atoms with Crippen LogP contribution in [0.4, 0.5) is 0 Å².